The average molecular weight is 275 g/mol. The van der Waals surface area contributed by atoms with Crippen LogP contribution in [-0.4, -0.2) is 41.1 Å². The molecule has 1 N–H and O–H groups in total. The third-order valence-corrected chi connectivity index (χ3v) is 2.25. The highest BCUT2D eigenvalue weighted by molar-refractivity contribution is 5.96. The van der Waals surface area contributed by atoms with Gasteiger partial charge < -0.3 is 10.0 Å². The van der Waals surface area contributed by atoms with Gasteiger partial charge in [-0.3, -0.25) is 9.59 Å². The van der Waals surface area contributed by atoms with Crippen LogP contribution in [0, 0.1) is 6.92 Å². The number of aliphatic carboxylic acids is 1. The summed E-state index contributed by atoms with van der Waals surface area (Å²) in [6.45, 7) is -0.902. The number of carbonyl (C=O) groups is 2. The van der Waals surface area contributed by atoms with E-state index in [9.17, 15) is 22.8 Å². The van der Waals surface area contributed by atoms with Gasteiger partial charge in [-0.15, -0.1) is 0 Å². The number of carbonyl (C=O) groups excluding carboxylic acids is 1. The third kappa shape index (κ3) is 4.99. The summed E-state index contributed by atoms with van der Waals surface area (Å²) in [6.07, 6.45) is -4.64. The van der Waals surface area contributed by atoms with E-state index < -0.39 is 31.1 Å². The molecule has 1 aromatic rings. The summed E-state index contributed by atoms with van der Waals surface area (Å²) in [4.78, 5) is 22.7. The zero-order valence-corrected chi connectivity index (χ0v) is 10.1. The van der Waals surface area contributed by atoms with Crippen molar-refractivity contribution in [1.82, 2.24) is 4.90 Å². The topological polar surface area (TPSA) is 57.6 Å². The van der Waals surface area contributed by atoms with Crippen LogP contribution >= 0.6 is 0 Å². The molecule has 1 aromatic carbocycles. The molecule has 0 atom stereocenters. The van der Waals surface area contributed by atoms with Gasteiger partial charge in [0, 0.05) is 5.56 Å². The summed E-state index contributed by atoms with van der Waals surface area (Å²) in [5.74, 6) is -2.45. The van der Waals surface area contributed by atoms with Crippen molar-refractivity contribution in [3.63, 3.8) is 0 Å². The van der Waals surface area contributed by atoms with Crippen LogP contribution in [0.15, 0.2) is 24.3 Å². The standard InChI is InChI=1S/C12H12F3NO3/c1-8-3-2-4-9(5-8)11(19)16(6-10(17)18)7-12(13,14)15/h2-5H,6-7H2,1H3,(H,17,18). The zero-order chi connectivity index (χ0) is 14.6. The number of alkyl halides is 3. The minimum atomic E-state index is -4.64. The van der Waals surface area contributed by atoms with E-state index in [1.54, 1.807) is 13.0 Å². The maximum atomic E-state index is 12.3. The predicted molar refractivity (Wildman–Crippen MR) is 60.8 cm³/mol. The summed E-state index contributed by atoms with van der Waals surface area (Å²) >= 11 is 0. The van der Waals surface area contributed by atoms with Gasteiger partial charge in [0.1, 0.15) is 13.1 Å². The SMILES string of the molecule is Cc1cccc(C(=O)N(CC(=O)O)CC(F)(F)F)c1. The zero-order valence-electron chi connectivity index (χ0n) is 10.1. The Kier molecular flexibility index (Phi) is 4.52. The number of benzene rings is 1. The fourth-order valence-corrected chi connectivity index (χ4v) is 1.54. The second kappa shape index (κ2) is 5.73. The van der Waals surface area contributed by atoms with Crippen LogP contribution in [0.2, 0.25) is 0 Å². The van der Waals surface area contributed by atoms with E-state index in [2.05, 4.69) is 0 Å². The van der Waals surface area contributed by atoms with Gasteiger partial charge in [0.05, 0.1) is 0 Å². The lowest BCUT2D eigenvalue weighted by Gasteiger charge is -2.22. The second-order valence-electron chi connectivity index (χ2n) is 4.04. The van der Waals surface area contributed by atoms with E-state index in [0.717, 1.165) is 0 Å². The second-order valence-corrected chi connectivity index (χ2v) is 4.04. The molecule has 0 bridgehead atoms. The Morgan fingerprint density at radius 1 is 1.32 bits per heavy atom. The Morgan fingerprint density at radius 3 is 2.42 bits per heavy atom. The van der Waals surface area contributed by atoms with Crippen molar-refractivity contribution in [2.45, 2.75) is 13.1 Å². The van der Waals surface area contributed by atoms with E-state index in [1.165, 1.54) is 18.2 Å². The van der Waals surface area contributed by atoms with Gasteiger partial charge in [-0.2, -0.15) is 13.2 Å². The first-order chi connectivity index (χ1) is 8.69. The molecule has 1 amide bonds. The molecular formula is C12H12F3NO3. The summed E-state index contributed by atoms with van der Waals surface area (Å²) in [5.41, 5.74) is 0.735. The smallest absolute Gasteiger partial charge is 0.406 e. The van der Waals surface area contributed by atoms with E-state index in [0.29, 0.717) is 5.56 Å². The maximum absolute atomic E-state index is 12.3. The molecule has 4 nitrogen and oxygen atoms in total. The normalized spacial score (nSPS) is 11.2. The van der Waals surface area contributed by atoms with Crippen LogP contribution in [0.4, 0.5) is 13.2 Å². The molecule has 0 heterocycles. The van der Waals surface area contributed by atoms with Gasteiger partial charge in [-0.25, -0.2) is 0 Å². The van der Waals surface area contributed by atoms with Crippen LogP contribution < -0.4 is 0 Å². The Labute approximate surface area is 107 Å². The Bertz CT molecular complexity index is 485. The highest BCUT2D eigenvalue weighted by atomic mass is 19.4. The van der Waals surface area contributed by atoms with Crippen molar-refractivity contribution < 1.29 is 27.9 Å². The molecule has 0 aliphatic heterocycles. The van der Waals surface area contributed by atoms with E-state index in [4.69, 9.17) is 5.11 Å². The monoisotopic (exact) mass is 275 g/mol. The van der Waals surface area contributed by atoms with Crippen LogP contribution in [0.1, 0.15) is 15.9 Å². The fourth-order valence-electron chi connectivity index (χ4n) is 1.54. The molecule has 0 unspecified atom stereocenters. The van der Waals surface area contributed by atoms with Crippen LogP contribution in [-0.2, 0) is 4.79 Å². The third-order valence-electron chi connectivity index (χ3n) is 2.25. The number of rotatable bonds is 4. The van der Waals surface area contributed by atoms with E-state index >= 15 is 0 Å². The van der Waals surface area contributed by atoms with Crippen molar-refractivity contribution >= 4 is 11.9 Å². The van der Waals surface area contributed by atoms with Gasteiger partial charge >= 0.3 is 12.1 Å². The molecule has 0 aliphatic carbocycles. The lowest BCUT2D eigenvalue weighted by atomic mass is 10.1. The van der Waals surface area contributed by atoms with E-state index in [-0.39, 0.29) is 10.5 Å². The minimum absolute atomic E-state index is 0.0329. The predicted octanol–water partition coefficient (Wildman–Crippen LogP) is 2.08. The summed E-state index contributed by atoms with van der Waals surface area (Å²) in [7, 11) is 0. The van der Waals surface area contributed by atoms with Crippen LogP contribution in [0.5, 0.6) is 0 Å². The number of nitrogens with zero attached hydrogens (tertiary/aromatic N) is 1. The van der Waals surface area contributed by atoms with Crippen molar-refractivity contribution in [3.05, 3.63) is 35.4 Å². The van der Waals surface area contributed by atoms with Crippen molar-refractivity contribution in [2.75, 3.05) is 13.1 Å². The van der Waals surface area contributed by atoms with Gasteiger partial charge in [0.15, 0.2) is 0 Å². The largest absolute Gasteiger partial charge is 0.480 e. The molecule has 0 fully saturated rings. The number of hydrogen-bond donors (Lipinski definition) is 1. The first-order valence-electron chi connectivity index (χ1n) is 5.33. The lowest BCUT2D eigenvalue weighted by Crippen LogP contribution is -2.42. The maximum Gasteiger partial charge on any atom is 0.406 e. The van der Waals surface area contributed by atoms with E-state index in [1.807, 2.05) is 0 Å². The molecule has 0 spiro atoms. The van der Waals surface area contributed by atoms with Gasteiger partial charge in [-0.05, 0) is 19.1 Å². The minimum Gasteiger partial charge on any atom is -0.480 e. The summed E-state index contributed by atoms with van der Waals surface area (Å²) in [6, 6.07) is 5.96. The molecule has 104 valence electrons. The van der Waals surface area contributed by atoms with Gasteiger partial charge in [0.25, 0.3) is 5.91 Å². The molecule has 19 heavy (non-hydrogen) atoms. The summed E-state index contributed by atoms with van der Waals surface area (Å²) in [5, 5.41) is 8.57. The average Bonchev–Trinajstić information content (AvgIpc) is 2.24. The lowest BCUT2D eigenvalue weighted by molar-refractivity contribution is -0.149. The Morgan fingerprint density at radius 2 is 1.95 bits per heavy atom. The molecule has 1 rings (SSSR count). The Hall–Kier alpha value is -2.05. The molecule has 0 saturated heterocycles. The number of carboxylic acids is 1. The number of hydrogen-bond acceptors (Lipinski definition) is 2. The molecule has 0 aromatic heterocycles. The molecular weight excluding hydrogens is 263 g/mol. The van der Waals surface area contributed by atoms with Crippen molar-refractivity contribution in [3.8, 4) is 0 Å². The van der Waals surface area contributed by atoms with Crippen LogP contribution in [0.25, 0.3) is 0 Å². The van der Waals surface area contributed by atoms with Gasteiger partial charge in [-0.1, -0.05) is 17.7 Å². The first kappa shape index (κ1) is 15.0. The number of carboxylic acid groups (broad SMARTS) is 1. The fraction of sp³-hybridized carbons (Fsp3) is 0.333. The first-order valence-corrected chi connectivity index (χ1v) is 5.33. The van der Waals surface area contributed by atoms with Crippen molar-refractivity contribution in [2.24, 2.45) is 0 Å². The number of aryl methyl sites for hydroxylation is 1. The number of amides is 1. The highest BCUT2D eigenvalue weighted by Crippen LogP contribution is 2.18. The van der Waals surface area contributed by atoms with Crippen LogP contribution in [0.3, 0.4) is 0 Å². The molecule has 0 radical (unpaired) electrons. The Balaban J connectivity index is 2.97. The highest BCUT2D eigenvalue weighted by Gasteiger charge is 2.34. The van der Waals surface area contributed by atoms with Crippen molar-refractivity contribution in [1.29, 1.82) is 0 Å². The molecule has 0 saturated carbocycles. The van der Waals surface area contributed by atoms with Gasteiger partial charge in [0.2, 0.25) is 0 Å². The molecule has 7 heteroatoms. The quantitative estimate of drug-likeness (QED) is 0.915. The number of halogens is 3. The summed E-state index contributed by atoms with van der Waals surface area (Å²) < 4.78 is 37.0. The molecule has 0 aliphatic rings.